The van der Waals surface area contributed by atoms with Crippen LogP contribution in [0.3, 0.4) is 0 Å². The summed E-state index contributed by atoms with van der Waals surface area (Å²) in [5.74, 6) is 0.865. The molecule has 2 aromatic carbocycles. The molecule has 0 aromatic heterocycles. The number of rotatable bonds is 8. The zero-order valence-electron chi connectivity index (χ0n) is 12.9. The van der Waals surface area contributed by atoms with Gasteiger partial charge in [-0.15, -0.1) is 0 Å². The lowest BCUT2D eigenvalue weighted by Crippen LogP contribution is -1.96. The first-order valence-electron chi connectivity index (χ1n) is 7.82. The van der Waals surface area contributed by atoms with Crippen molar-refractivity contribution in [2.75, 3.05) is 0 Å². The van der Waals surface area contributed by atoms with Crippen molar-refractivity contribution < 1.29 is 4.74 Å². The minimum Gasteiger partial charge on any atom is -0.489 e. The molecular weight excluding hydrogens is 270 g/mol. The van der Waals surface area contributed by atoms with Crippen molar-refractivity contribution >= 4 is 0 Å². The lowest BCUT2D eigenvalue weighted by atomic mass is 10.1. The summed E-state index contributed by atoms with van der Waals surface area (Å²) in [7, 11) is 0. The van der Waals surface area contributed by atoms with Gasteiger partial charge >= 0.3 is 0 Å². The van der Waals surface area contributed by atoms with Crippen LogP contribution in [-0.2, 0) is 13.0 Å². The van der Waals surface area contributed by atoms with Crippen LogP contribution in [0.2, 0.25) is 0 Å². The molecule has 0 heterocycles. The highest BCUT2D eigenvalue weighted by Gasteiger charge is 1.99. The third-order valence-electron chi connectivity index (χ3n) is 3.60. The van der Waals surface area contributed by atoms with E-state index in [0.717, 1.165) is 24.2 Å². The Bertz CT molecular complexity index is 610. The van der Waals surface area contributed by atoms with Gasteiger partial charge in [0.2, 0.25) is 0 Å². The van der Waals surface area contributed by atoms with Crippen LogP contribution < -0.4 is 4.74 Å². The highest BCUT2D eigenvalue weighted by molar-refractivity contribution is 5.33. The first kappa shape index (κ1) is 16.1. The number of nitrogens with zero attached hydrogens (tertiary/aromatic N) is 1. The number of hydrogen-bond acceptors (Lipinski definition) is 2. The molecule has 0 N–H and O–H groups in total. The van der Waals surface area contributed by atoms with Crippen molar-refractivity contribution in [2.24, 2.45) is 0 Å². The highest BCUT2D eigenvalue weighted by atomic mass is 16.5. The molecule has 0 unspecified atom stereocenters. The maximum Gasteiger partial charge on any atom is 0.119 e. The summed E-state index contributed by atoms with van der Waals surface area (Å²) in [5.41, 5.74) is 3.03. The monoisotopic (exact) mass is 292 g/mol. The molecule has 0 aliphatic heterocycles. The normalized spacial score (nSPS) is 10.2. The Kier molecular flexibility index (Phi) is 6.51. The van der Waals surface area contributed by atoms with Gasteiger partial charge in [0, 0.05) is 0 Å². The Hall–Kier alpha value is -2.27. The molecule has 0 bridgehead atoms. The van der Waals surface area contributed by atoms with E-state index in [1.807, 2.05) is 30.3 Å². The Morgan fingerprint density at radius 1 is 0.955 bits per heavy atom. The van der Waals surface area contributed by atoms with Crippen molar-refractivity contribution in [1.29, 1.82) is 5.26 Å². The largest absolute Gasteiger partial charge is 0.489 e. The molecule has 0 fully saturated rings. The molecule has 0 aliphatic rings. The minimum absolute atomic E-state index is 0.484. The van der Waals surface area contributed by atoms with Gasteiger partial charge in [-0.3, -0.25) is 0 Å². The average molecular weight is 292 g/mol. The summed E-state index contributed by atoms with van der Waals surface area (Å²) >= 11 is 0. The van der Waals surface area contributed by atoms with E-state index in [9.17, 15) is 0 Å². The van der Waals surface area contributed by atoms with E-state index in [1.54, 1.807) is 6.07 Å². The molecule has 0 amide bonds. The second-order valence-corrected chi connectivity index (χ2v) is 5.41. The van der Waals surface area contributed by atoms with Crippen LogP contribution in [0.5, 0.6) is 5.75 Å². The maximum atomic E-state index is 8.89. The zero-order chi connectivity index (χ0) is 15.6. The predicted octanol–water partition coefficient (Wildman–Crippen LogP) is 5.07. The molecule has 0 saturated carbocycles. The van der Waals surface area contributed by atoms with Gasteiger partial charge in [-0.1, -0.05) is 50.5 Å². The zero-order valence-corrected chi connectivity index (χ0v) is 12.9. The van der Waals surface area contributed by atoms with Gasteiger partial charge < -0.3 is 4.74 Å². The molecule has 113 valence electrons. The molecule has 2 heteroatoms. The maximum absolute atomic E-state index is 8.89. The topological polar surface area (TPSA) is 33.0 Å². The number of aryl methyl sites for hydroxylation is 1. The van der Waals surface area contributed by atoms with E-state index in [0.29, 0.717) is 12.2 Å². The minimum atomic E-state index is 0.484. The van der Waals surface area contributed by atoms with E-state index < -0.39 is 0 Å². The lowest BCUT2D eigenvalue weighted by Gasteiger charge is -2.08. The quantitative estimate of drug-likeness (QED) is 0.636. The molecule has 0 spiro atoms. The SMILES string of the molecule is [CH2]CCCCCc1ccc(OCc2cccc(C#N)c2)cc1. The van der Waals surface area contributed by atoms with Crippen LogP contribution in [0.15, 0.2) is 48.5 Å². The Labute approximate surface area is 133 Å². The van der Waals surface area contributed by atoms with Crippen LogP contribution in [-0.4, -0.2) is 0 Å². The Balaban J connectivity index is 1.82. The van der Waals surface area contributed by atoms with Crippen molar-refractivity contribution in [3.63, 3.8) is 0 Å². The summed E-state index contributed by atoms with van der Waals surface area (Å²) in [6.07, 6.45) is 5.82. The van der Waals surface area contributed by atoms with Crippen molar-refractivity contribution in [3.8, 4) is 11.8 Å². The number of ether oxygens (including phenoxy) is 1. The van der Waals surface area contributed by atoms with Gasteiger partial charge in [0.15, 0.2) is 0 Å². The Morgan fingerprint density at radius 2 is 1.77 bits per heavy atom. The summed E-state index contributed by atoms with van der Waals surface area (Å²) in [6, 6.07) is 17.9. The summed E-state index contributed by atoms with van der Waals surface area (Å²) in [6.45, 7) is 4.35. The number of nitriles is 1. The average Bonchev–Trinajstić information content (AvgIpc) is 2.58. The van der Waals surface area contributed by atoms with Crippen LogP contribution >= 0.6 is 0 Å². The molecule has 2 rings (SSSR count). The smallest absolute Gasteiger partial charge is 0.119 e. The first-order valence-corrected chi connectivity index (χ1v) is 7.82. The van der Waals surface area contributed by atoms with Gasteiger partial charge in [-0.05, 0) is 48.2 Å². The third kappa shape index (κ3) is 5.26. The molecular formula is C20H22NO. The van der Waals surface area contributed by atoms with Gasteiger partial charge in [-0.2, -0.15) is 5.26 Å². The van der Waals surface area contributed by atoms with E-state index >= 15 is 0 Å². The standard InChI is InChI=1S/C20H22NO/c1-2-3-4-5-7-17-10-12-20(13-11-17)22-16-19-9-6-8-18(14-19)15-21/h6,8-14H,1-5,7,16H2. The van der Waals surface area contributed by atoms with Crippen LogP contribution in [0.1, 0.15) is 42.4 Å². The summed E-state index contributed by atoms with van der Waals surface area (Å²) in [5, 5.41) is 8.89. The molecule has 2 nitrogen and oxygen atoms in total. The van der Waals surface area contributed by atoms with E-state index in [2.05, 4.69) is 25.1 Å². The van der Waals surface area contributed by atoms with Gasteiger partial charge in [-0.25, -0.2) is 0 Å². The molecule has 0 atom stereocenters. The fraction of sp³-hybridized carbons (Fsp3) is 0.300. The molecule has 22 heavy (non-hydrogen) atoms. The number of benzene rings is 2. The van der Waals surface area contributed by atoms with Crippen LogP contribution in [0.25, 0.3) is 0 Å². The lowest BCUT2D eigenvalue weighted by molar-refractivity contribution is 0.306. The van der Waals surface area contributed by atoms with Gasteiger partial charge in [0.25, 0.3) is 0 Å². The second-order valence-electron chi connectivity index (χ2n) is 5.41. The fourth-order valence-corrected chi connectivity index (χ4v) is 2.33. The third-order valence-corrected chi connectivity index (χ3v) is 3.60. The van der Waals surface area contributed by atoms with Crippen LogP contribution in [0.4, 0.5) is 0 Å². The fourth-order valence-electron chi connectivity index (χ4n) is 2.33. The van der Waals surface area contributed by atoms with E-state index in [1.165, 1.54) is 24.8 Å². The predicted molar refractivity (Wildman–Crippen MR) is 89.5 cm³/mol. The van der Waals surface area contributed by atoms with E-state index in [4.69, 9.17) is 10.00 Å². The number of hydrogen-bond donors (Lipinski definition) is 0. The molecule has 1 radical (unpaired) electrons. The van der Waals surface area contributed by atoms with Crippen LogP contribution in [0, 0.1) is 18.3 Å². The molecule has 2 aromatic rings. The second kappa shape index (κ2) is 8.89. The first-order chi connectivity index (χ1) is 10.8. The van der Waals surface area contributed by atoms with Gasteiger partial charge in [0.05, 0.1) is 11.6 Å². The molecule has 0 saturated heterocycles. The highest BCUT2D eigenvalue weighted by Crippen LogP contribution is 2.16. The van der Waals surface area contributed by atoms with Crippen molar-refractivity contribution in [3.05, 3.63) is 72.1 Å². The van der Waals surface area contributed by atoms with Gasteiger partial charge in [0.1, 0.15) is 12.4 Å². The summed E-state index contributed by atoms with van der Waals surface area (Å²) < 4.78 is 5.77. The molecule has 0 aliphatic carbocycles. The summed E-state index contributed by atoms with van der Waals surface area (Å²) in [4.78, 5) is 0. The Morgan fingerprint density at radius 3 is 2.50 bits per heavy atom. The van der Waals surface area contributed by atoms with E-state index in [-0.39, 0.29) is 0 Å². The van der Waals surface area contributed by atoms with Crippen molar-refractivity contribution in [1.82, 2.24) is 0 Å². The number of unbranched alkanes of at least 4 members (excludes halogenated alkanes) is 3. The van der Waals surface area contributed by atoms with Crippen molar-refractivity contribution in [2.45, 2.75) is 38.7 Å².